The first kappa shape index (κ1) is 32.8. The number of ether oxygens (including phenoxy) is 1. The average Bonchev–Trinajstić information content (AvgIpc) is 3.68. The molecule has 2 aliphatic rings. The van der Waals surface area contributed by atoms with E-state index in [0.29, 0.717) is 30.1 Å². The maximum atomic E-state index is 13.2. The molecular formula is C38H40FN3O6. The van der Waals surface area contributed by atoms with Gasteiger partial charge in [-0.2, -0.15) is 0 Å². The van der Waals surface area contributed by atoms with Crippen molar-refractivity contribution in [3.63, 3.8) is 0 Å². The smallest absolute Gasteiger partial charge is 0.410 e. The first-order chi connectivity index (χ1) is 22.8. The van der Waals surface area contributed by atoms with E-state index in [4.69, 9.17) is 4.74 Å². The van der Waals surface area contributed by atoms with E-state index >= 15 is 0 Å². The molecule has 4 N–H and O–H groups in total. The number of carboxylic acid groups (broad SMARTS) is 2. The average molecular weight is 654 g/mol. The molecule has 1 aliphatic heterocycles. The van der Waals surface area contributed by atoms with Crippen molar-refractivity contribution in [3.8, 4) is 11.1 Å². The van der Waals surface area contributed by atoms with Crippen molar-refractivity contribution < 1.29 is 33.7 Å². The van der Waals surface area contributed by atoms with E-state index in [1.54, 1.807) is 17.0 Å². The van der Waals surface area contributed by atoms with Crippen LogP contribution in [0.4, 0.5) is 9.18 Å². The number of carbonyl (C=O) groups excluding carboxylic acids is 1. The summed E-state index contributed by atoms with van der Waals surface area (Å²) in [5.74, 6) is -1.65. The molecule has 1 saturated carbocycles. The molecule has 0 bridgehead atoms. The number of aromatic nitrogens is 2. The number of halogens is 1. The molecule has 3 heterocycles. The Hall–Kier alpha value is -5.12. The normalized spacial score (nSPS) is 15.3. The van der Waals surface area contributed by atoms with Crippen molar-refractivity contribution in [1.29, 1.82) is 0 Å². The molecule has 10 heteroatoms. The number of rotatable bonds is 5. The Kier molecular flexibility index (Phi) is 8.76. The number of carboxylic acids is 2. The fourth-order valence-corrected chi connectivity index (χ4v) is 6.71. The third kappa shape index (κ3) is 6.65. The number of aryl methyl sites for hydroxylation is 1. The molecule has 0 unspecified atom stereocenters. The summed E-state index contributed by atoms with van der Waals surface area (Å²) in [5.41, 5.74) is 6.09. The van der Waals surface area contributed by atoms with E-state index < -0.39 is 17.5 Å². The van der Waals surface area contributed by atoms with Gasteiger partial charge < -0.3 is 29.8 Å². The van der Waals surface area contributed by atoms with Crippen LogP contribution in [0.25, 0.3) is 32.9 Å². The third-order valence-electron chi connectivity index (χ3n) is 9.08. The molecule has 9 nitrogen and oxygen atoms in total. The lowest BCUT2D eigenvalue weighted by Gasteiger charge is -2.33. The summed E-state index contributed by atoms with van der Waals surface area (Å²) in [7, 11) is 0. The number of carbonyl (C=O) groups is 3. The van der Waals surface area contributed by atoms with Gasteiger partial charge in [-0.15, -0.1) is 0 Å². The van der Waals surface area contributed by atoms with Gasteiger partial charge in [0.15, 0.2) is 0 Å². The molecule has 1 aliphatic carbocycles. The molecule has 0 spiro atoms. The SMILES string of the molecule is Cc1cccc2c(C3CCN(C(=O)OC(C)(C)C)CC3)c(C(=O)O)[nH]c12.O=C(O)c1[nH]c2c(C3CC3)cccc2c1-c1ccc(F)cc1. The zero-order valence-corrected chi connectivity index (χ0v) is 27.5. The largest absolute Gasteiger partial charge is 0.477 e. The number of H-pyrrole nitrogens is 2. The summed E-state index contributed by atoms with van der Waals surface area (Å²) in [4.78, 5) is 43.5. The molecule has 7 rings (SSSR count). The highest BCUT2D eigenvalue weighted by Gasteiger charge is 2.32. The van der Waals surface area contributed by atoms with Crippen molar-refractivity contribution in [2.75, 3.05) is 13.1 Å². The molecule has 250 valence electrons. The minimum atomic E-state index is -1.00. The Labute approximate surface area is 277 Å². The fourth-order valence-electron chi connectivity index (χ4n) is 6.71. The summed E-state index contributed by atoms with van der Waals surface area (Å²) in [6.07, 6.45) is 3.43. The van der Waals surface area contributed by atoms with Crippen LogP contribution >= 0.6 is 0 Å². The van der Waals surface area contributed by atoms with Crippen molar-refractivity contribution in [2.45, 2.75) is 70.8 Å². The topological polar surface area (TPSA) is 136 Å². The van der Waals surface area contributed by atoms with Crippen LogP contribution in [0.1, 0.15) is 96.0 Å². The van der Waals surface area contributed by atoms with Gasteiger partial charge in [-0.3, -0.25) is 0 Å². The van der Waals surface area contributed by atoms with E-state index in [2.05, 4.69) is 16.0 Å². The van der Waals surface area contributed by atoms with Crippen LogP contribution in [0.15, 0.2) is 60.7 Å². The quantitative estimate of drug-likeness (QED) is 0.150. The van der Waals surface area contributed by atoms with E-state index in [9.17, 15) is 29.0 Å². The van der Waals surface area contributed by atoms with Crippen LogP contribution in [-0.2, 0) is 4.74 Å². The molecule has 48 heavy (non-hydrogen) atoms. The lowest BCUT2D eigenvalue weighted by Crippen LogP contribution is -2.41. The highest BCUT2D eigenvalue weighted by molar-refractivity contribution is 6.08. The van der Waals surface area contributed by atoms with Crippen LogP contribution in [0.3, 0.4) is 0 Å². The molecule has 1 saturated heterocycles. The number of nitrogens with one attached hydrogen (secondary N) is 2. The number of benzene rings is 3. The Balaban J connectivity index is 0.000000169. The predicted octanol–water partition coefficient (Wildman–Crippen LogP) is 8.84. The van der Waals surface area contributed by atoms with Crippen molar-refractivity contribution in [2.24, 2.45) is 0 Å². The summed E-state index contributed by atoms with van der Waals surface area (Å²) < 4.78 is 18.6. The van der Waals surface area contributed by atoms with E-state index in [-0.39, 0.29) is 29.2 Å². The van der Waals surface area contributed by atoms with Gasteiger partial charge in [0.25, 0.3) is 0 Å². The van der Waals surface area contributed by atoms with Crippen molar-refractivity contribution in [3.05, 3.63) is 94.6 Å². The fraction of sp³-hybridized carbons (Fsp3) is 0.342. The Morgan fingerprint density at radius 1 is 0.792 bits per heavy atom. The Bertz CT molecular complexity index is 2010. The van der Waals surface area contributed by atoms with Gasteiger partial charge in [-0.1, -0.05) is 48.5 Å². The van der Waals surface area contributed by atoms with E-state index in [1.807, 2.05) is 58.0 Å². The molecule has 1 amide bonds. The molecule has 3 aromatic carbocycles. The summed E-state index contributed by atoms with van der Waals surface area (Å²) in [6, 6.07) is 17.8. The molecule has 0 radical (unpaired) electrons. The standard InChI is InChI=1S/C20H26N2O4.C18H14FNO2/c1-12-6-5-7-14-15(17(18(23)24)21-16(12)14)13-8-10-22(11-9-13)19(25)26-20(2,3)4;19-12-8-6-11(7-9-12)15-14-3-1-2-13(10-4-5-10)16(14)20-17(15)18(21)22/h5-7,13,21H,8-11H2,1-4H3,(H,23,24);1-3,6-10,20H,4-5H2,(H,21,22). The second kappa shape index (κ2) is 12.8. The predicted molar refractivity (Wildman–Crippen MR) is 182 cm³/mol. The number of aromatic carboxylic acids is 2. The maximum absolute atomic E-state index is 13.2. The van der Waals surface area contributed by atoms with Gasteiger partial charge in [0.05, 0.1) is 5.52 Å². The first-order valence-electron chi connectivity index (χ1n) is 16.3. The minimum Gasteiger partial charge on any atom is -0.477 e. The number of hydrogen-bond donors (Lipinski definition) is 4. The van der Waals surface area contributed by atoms with Crippen LogP contribution in [0, 0.1) is 12.7 Å². The van der Waals surface area contributed by atoms with Crippen LogP contribution in [-0.4, -0.2) is 61.8 Å². The monoisotopic (exact) mass is 653 g/mol. The lowest BCUT2D eigenvalue weighted by atomic mass is 9.87. The highest BCUT2D eigenvalue weighted by Crippen LogP contribution is 2.45. The van der Waals surface area contributed by atoms with Crippen LogP contribution < -0.4 is 0 Å². The van der Waals surface area contributed by atoms with Gasteiger partial charge >= 0.3 is 18.0 Å². The van der Waals surface area contributed by atoms with Gasteiger partial charge in [0.1, 0.15) is 22.8 Å². The maximum Gasteiger partial charge on any atom is 0.410 e. The zero-order valence-electron chi connectivity index (χ0n) is 27.5. The second-order valence-corrected chi connectivity index (χ2v) is 13.7. The summed E-state index contributed by atoms with van der Waals surface area (Å²) in [6.45, 7) is 8.66. The molecule has 2 fully saturated rings. The van der Waals surface area contributed by atoms with Gasteiger partial charge in [0.2, 0.25) is 0 Å². The highest BCUT2D eigenvalue weighted by atomic mass is 19.1. The molecule has 5 aromatic rings. The number of para-hydroxylation sites is 2. The zero-order chi connectivity index (χ0) is 34.3. The summed E-state index contributed by atoms with van der Waals surface area (Å²) in [5, 5.41) is 21.0. The second-order valence-electron chi connectivity index (χ2n) is 13.7. The third-order valence-corrected chi connectivity index (χ3v) is 9.08. The van der Waals surface area contributed by atoms with Gasteiger partial charge in [-0.05, 0) is 99.6 Å². The summed E-state index contributed by atoms with van der Waals surface area (Å²) >= 11 is 0. The number of amides is 1. The number of fused-ring (bicyclic) bond motifs is 2. The number of piperidine rings is 1. The molecule has 0 atom stereocenters. The van der Waals surface area contributed by atoms with Crippen molar-refractivity contribution >= 4 is 39.8 Å². The van der Waals surface area contributed by atoms with Crippen LogP contribution in [0.2, 0.25) is 0 Å². The Morgan fingerprint density at radius 3 is 2.00 bits per heavy atom. The number of nitrogens with zero attached hydrogens (tertiary/aromatic N) is 1. The van der Waals surface area contributed by atoms with Gasteiger partial charge in [0, 0.05) is 34.9 Å². The lowest BCUT2D eigenvalue weighted by molar-refractivity contribution is 0.0204. The van der Waals surface area contributed by atoms with E-state index in [1.165, 1.54) is 17.7 Å². The minimum absolute atomic E-state index is 0.107. The number of aromatic amines is 2. The number of likely N-dealkylation sites (tertiary alicyclic amines) is 1. The van der Waals surface area contributed by atoms with Crippen molar-refractivity contribution in [1.82, 2.24) is 14.9 Å². The van der Waals surface area contributed by atoms with Gasteiger partial charge in [-0.25, -0.2) is 18.8 Å². The molecule has 2 aromatic heterocycles. The Morgan fingerprint density at radius 2 is 1.40 bits per heavy atom. The number of hydrogen-bond acceptors (Lipinski definition) is 4. The molecular weight excluding hydrogens is 613 g/mol. The first-order valence-corrected chi connectivity index (χ1v) is 16.3. The van der Waals surface area contributed by atoms with E-state index in [0.717, 1.165) is 58.6 Å². The van der Waals surface area contributed by atoms with Crippen LogP contribution in [0.5, 0.6) is 0 Å².